The Morgan fingerprint density at radius 3 is 2.67 bits per heavy atom. The smallest absolute Gasteiger partial charge is 0.264 e. The number of aliphatic hydroxyl groups excluding tert-OH is 1. The Kier molecular flexibility index (Phi) is 3.66. The molecule has 0 saturated carbocycles. The van der Waals surface area contributed by atoms with Crippen molar-refractivity contribution >= 4 is 0 Å². The lowest BCUT2D eigenvalue weighted by atomic mass is 10.0. The van der Waals surface area contributed by atoms with Gasteiger partial charge in [-0.3, -0.25) is 0 Å². The average molecular weight is 213 g/mol. The van der Waals surface area contributed by atoms with E-state index in [2.05, 4.69) is 4.98 Å². The number of pyridine rings is 1. The van der Waals surface area contributed by atoms with Crippen LogP contribution in [-0.4, -0.2) is 10.1 Å². The molecular formula is C9H9F2N3O. The quantitative estimate of drug-likeness (QED) is 0.779. The molecular weight excluding hydrogens is 204 g/mol. The molecule has 3 N–H and O–H groups in total. The summed E-state index contributed by atoms with van der Waals surface area (Å²) >= 11 is 0. The molecule has 1 rings (SSSR count). The van der Waals surface area contributed by atoms with Gasteiger partial charge in [0, 0.05) is 29.4 Å². The zero-order chi connectivity index (χ0) is 11.4. The minimum absolute atomic E-state index is 0.000880. The van der Waals surface area contributed by atoms with Crippen LogP contribution in [0, 0.1) is 11.3 Å². The van der Waals surface area contributed by atoms with Crippen LogP contribution < -0.4 is 5.73 Å². The summed E-state index contributed by atoms with van der Waals surface area (Å²) in [4.78, 5) is 3.65. The van der Waals surface area contributed by atoms with Gasteiger partial charge >= 0.3 is 0 Å². The molecule has 1 aromatic heterocycles. The molecule has 0 aliphatic carbocycles. The highest BCUT2D eigenvalue weighted by Crippen LogP contribution is 2.27. The lowest BCUT2D eigenvalue weighted by Gasteiger charge is -2.11. The average Bonchev–Trinajstić information content (AvgIpc) is 2.26. The van der Waals surface area contributed by atoms with Crippen LogP contribution in [0.25, 0.3) is 0 Å². The Morgan fingerprint density at radius 2 is 2.27 bits per heavy atom. The molecule has 0 unspecified atom stereocenters. The topological polar surface area (TPSA) is 82.9 Å². The fourth-order valence-electron chi connectivity index (χ4n) is 1.31. The highest BCUT2D eigenvalue weighted by Gasteiger charge is 2.20. The molecule has 0 spiro atoms. The number of nitrogens with two attached hydrogens (primary N) is 1. The second kappa shape index (κ2) is 4.77. The van der Waals surface area contributed by atoms with Crippen molar-refractivity contribution < 1.29 is 13.9 Å². The zero-order valence-corrected chi connectivity index (χ0v) is 7.74. The molecule has 0 fully saturated rings. The van der Waals surface area contributed by atoms with Crippen LogP contribution >= 0.6 is 0 Å². The number of nitriles is 1. The van der Waals surface area contributed by atoms with E-state index in [9.17, 15) is 8.78 Å². The third kappa shape index (κ3) is 2.09. The summed E-state index contributed by atoms with van der Waals surface area (Å²) in [6.07, 6.45) is -1.71. The van der Waals surface area contributed by atoms with E-state index in [1.165, 1.54) is 0 Å². The van der Waals surface area contributed by atoms with E-state index in [1.54, 1.807) is 6.07 Å². The SMILES string of the molecule is N#Cc1ncc(CO)c(C(F)F)c1CN. The number of rotatable bonds is 3. The molecule has 6 heteroatoms. The van der Waals surface area contributed by atoms with Gasteiger partial charge in [-0.1, -0.05) is 0 Å². The monoisotopic (exact) mass is 213 g/mol. The van der Waals surface area contributed by atoms with E-state index in [4.69, 9.17) is 16.1 Å². The van der Waals surface area contributed by atoms with Crippen molar-refractivity contribution in [1.82, 2.24) is 4.98 Å². The third-order valence-corrected chi connectivity index (χ3v) is 2.00. The van der Waals surface area contributed by atoms with Crippen LogP contribution in [0.2, 0.25) is 0 Å². The van der Waals surface area contributed by atoms with Crippen LogP contribution in [0.5, 0.6) is 0 Å². The number of hydrogen-bond donors (Lipinski definition) is 2. The van der Waals surface area contributed by atoms with Crippen molar-refractivity contribution in [2.45, 2.75) is 19.6 Å². The van der Waals surface area contributed by atoms with E-state index in [1.807, 2.05) is 0 Å². The van der Waals surface area contributed by atoms with Gasteiger partial charge in [0.2, 0.25) is 0 Å². The van der Waals surface area contributed by atoms with Gasteiger partial charge < -0.3 is 10.8 Å². The summed E-state index contributed by atoms with van der Waals surface area (Å²) in [6.45, 7) is -0.755. The van der Waals surface area contributed by atoms with Crippen LogP contribution in [0.3, 0.4) is 0 Å². The van der Waals surface area contributed by atoms with Crippen LogP contribution in [0.4, 0.5) is 8.78 Å². The summed E-state index contributed by atoms with van der Waals surface area (Å²) in [5.74, 6) is 0. The number of nitrogens with zero attached hydrogens (tertiary/aromatic N) is 2. The Labute approximate surface area is 85.0 Å². The van der Waals surface area contributed by atoms with Gasteiger partial charge in [0.1, 0.15) is 11.8 Å². The molecule has 0 amide bonds. The lowest BCUT2D eigenvalue weighted by molar-refractivity contribution is 0.145. The molecule has 0 radical (unpaired) electrons. The first-order valence-electron chi connectivity index (χ1n) is 4.15. The highest BCUT2D eigenvalue weighted by molar-refractivity contribution is 5.42. The van der Waals surface area contributed by atoms with Gasteiger partial charge in [-0.2, -0.15) is 5.26 Å². The first-order chi connectivity index (χ1) is 7.15. The maximum absolute atomic E-state index is 12.7. The molecule has 0 aliphatic rings. The summed E-state index contributed by atoms with van der Waals surface area (Å²) < 4.78 is 25.3. The fourth-order valence-corrected chi connectivity index (χ4v) is 1.31. The van der Waals surface area contributed by atoms with Crippen LogP contribution in [0.1, 0.15) is 28.8 Å². The Hall–Kier alpha value is -1.58. The van der Waals surface area contributed by atoms with E-state index in [0.29, 0.717) is 0 Å². The van der Waals surface area contributed by atoms with Crippen molar-refractivity contribution in [3.63, 3.8) is 0 Å². The van der Waals surface area contributed by atoms with Gasteiger partial charge in [-0.05, 0) is 0 Å². The van der Waals surface area contributed by atoms with Gasteiger partial charge in [-0.25, -0.2) is 13.8 Å². The molecule has 15 heavy (non-hydrogen) atoms. The van der Waals surface area contributed by atoms with Crippen LogP contribution in [-0.2, 0) is 13.2 Å². The maximum atomic E-state index is 12.7. The minimum Gasteiger partial charge on any atom is -0.392 e. The molecule has 0 saturated heterocycles. The molecule has 0 bridgehead atoms. The van der Waals surface area contributed by atoms with Crippen molar-refractivity contribution in [2.24, 2.45) is 5.73 Å². The van der Waals surface area contributed by atoms with E-state index < -0.39 is 13.0 Å². The summed E-state index contributed by atoms with van der Waals surface area (Å²) in [7, 11) is 0. The lowest BCUT2D eigenvalue weighted by Crippen LogP contribution is -2.10. The number of hydrogen-bond acceptors (Lipinski definition) is 4. The number of aliphatic hydroxyl groups is 1. The third-order valence-electron chi connectivity index (χ3n) is 2.00. The Balaban J connectivity index is 3.46. The largest absolute Gasteiger partial charge is 0.392 e. The van der Waals surface area contributed by atoms with Crippen molar-refractivity contribution in [2.75, 3.05) is 0 Å². The summed E-state index contributed by atoms with van der Waals surface area (Å²) in [6, 6.07) is 1.69. The first-order valence-corrected chi connectivity index (χ1v) is 4.15. The zero-order valence-electron chi connectivity index (χ0n) is 7.74. The summed E-state index contributed by atoms with van der Waals surface area (Å²) in [5.41, 5.74) is 4.78. The maximum Gasteiger partial charge on any atom is 0.264 e. The molecule has 1 aromatic rings. The van der Waals surface area contributed by atoms with E-state index >= 15 is 0 Å². The Bertz CT molecular complexity index is 401. The molecule has 80 valence electrons. The first kappa shape index (κ1) is 11.5. The van der Waals surface area contributed by atoms with Crippen molar-refractivity contribution in [3.05, 3.63) is 28.6 Å². The Morgan fingerprint density at radius 1 is 1.60 bits per heavy atom. The predicted octanol–water partition coefficient (Wildman–Crippen LogP) is 0.842. The minimum atomic E-state index is -2.78. The van der Waals surface area contributed by atoms with E-state index in [0.717, 1.165) is 6.20 Å². The second-order valence-electron chi connectivity index (χ2n) is 2.80. The van der Waals surface area contributed by atoms with Gasteiger partial charge in [0.05, 0.1) is 6.61 Å². The standard InChI is InChI=1S/C9H9F2N3O/c10-9(11)8-5(4-15)3-14-7(2-13)6(8)1-12/h3,9,15H,1,4,12H2. The normalized spacial score (nSPS) is 10.4. The van der Waals surface area contributed by atoms with Crippen molar-refractivity contribution in [1.29, 1.82) is 5.26 Å². The number of aromatic nitrogens is 1. The van der Waals surface area contributed by atoms with Crippen LogP contribution in [0.15, 0.2) is 6.20 Å². The molecule has 0 aromatic carbocycles. The summed E-state index contributed by atoms with van der Waals surface area (Å²) in [5, 5.41) is 17.5. The molecule has 4 nitrogen and oxygen atoms in total. The molecule has 0 atom stereocenters. The van der Waals surface area contributed by atoms with Crippen molar-refractivity contribution in [3.8, 4) is 6.07 Å². The number of alkyl halides is 2. The highest BCUT2D eigenvalue weighted by atomic mass is 19.3. The van der Waals surface area contributed by atoms with Gasteiger partial charge in [-0.15, -0.1) is 0 Å². The number of halogens is 2. The second-order valence-corrected chi connectivity index (χ2v) is 2.80. The molecule has 1 heterocycles. The molecule has 0 aliphatic heterocycles. The van der Waals surface area contributed by atoms with Gasteiger partial charge in [0.25, 0.3) is 6.43 Å². The van der Waals surface area contributed by atoms with Gasteiger partial charge in [0.15, 0.2) is 0 Å². The fraction of sp³-hybridized carbons (Fsp3) is 0.333. The predicted molar refractivity (Wildman–Crippen MR) is 47.7 cm³/mol. The van der Waals surface area contributed by atoms with E-state index in [-0.39, 0.29) is 28.9 Å².